The Kier molecular flexibility index (Phi) is 9.38. The van der Waals surface area contributed by atoms with Gasteiger partial charge in [-0.2, -0.15) is 12.7 Å². The smallest absolute Gasteiger partial charge is 0.303 e. The van der Waals surface area contributed by atoms with Crippen molar-refractivity contribution >= 4 is 33.8 Å². The van der Waals surface area contributed by atoms with E-state index in [1.807, 2.05) is 23.1 Å². The Labute approximate surface area is 284 Å². The van der Waals surface area contributed by atoms with Crippen LogP contribution in [0.2, 0.25) is 0 Å². The van der Waals surface area contributed by atoms with Gasteiger partial charge in [-0.15, -0.1) is 0 Å². The Morgan fingerprint density at radius 3 is 2.38 bits per heavy atom. The molecule has 2 aromatic carbocycles. The second-order valence-corrected chi connectivity index (χ2v) is 16.4. The third-order valence-corrected chi connectivity index (χ3v) is 12.8. The van der Waals surface area contributed by atoms with Crippen LogP contribution in [0.4, 0.5) is 10.1 Å². The number of hydrogen-bond acceptors (Lipinski definition) is 6. The Morgan fingerprint density at radius 2 is 1.65 bits per heavy atom. The van der Waals surface area contributed by atoms with Gasteiger partial charge < -0.3 is 9.80 Å². The van der Waals surface area contributed by atoms with E-state index >= 15 is 0 Å². The normalized spacial score (nSPS) is 25.6. The number of nitrogens with one attached hydrogen (secondary N) is 1. The van der Waals surface area contributed by atoms with Gasteiger partial charge in [-0.25, -0.2) is 9.11 Å². The molecule has 2 aromatic rings. The molecular formula is C37H48FN5O4S. The van der Waals surface area contributed by atoms with Gasteiger partial charge in [0.25, 0.3) is 11.8 Å². The van der Waals surface area contributed by atoms with E-state index in [9.17, 15) is 22.4 Å². The molecule has 9 nitrogen and oxygen atoms in total. The molecule has 4 heterocycles. The second-order valence-electron chi connectivity index (χ2n) is 14.5. The summed E-state index contributed by atoms with van der Waals surface area (Å²) in [7, 11) is -1.20. The molecule has 3 fully saturated rings. The third-order valence-electron chi connectivity index (χ3n) is 11.4. The molecule has 2 saturated heterocycles. The number of amides is 2. The first kappa shape index (κ1) is 33.2. The Balaban J connectivity index is 1.21. The maximum atomic E-state index is 14.4. The molecule has 48 heavy (non-hydrogen) atoms. The quantitative estimate of drug-likeness (QED) is 0.448. The molecule has 11 heteroatoms. The minimum atomic E-state index is -3.96. The lowest BCUT2D eigenvalue weighted by molar-refractivity contribution is -0.128. The van der Waals surface area contributed by atoms with E-state index in [1.54, 1.807) is 6.07 Å². The molecule has 3 atom stereocenters. The predicted molar refractivity (Wildman–Crippen MR) is 186 cm³/mol. The van der Waals surface area contributed by atoms with Crippen LogP contribution in [0, 0.1) is 5.92 Å². The Morgan fingerprint density at radius 1 is 0.896 bits per heavy atom. The maximum absolute atomic E-state index is 14.4. The highest BCUT2D eigenvalue weighted by atomic mass is 32.2. The van der Waals surface area contributed by atoms with Gasteiger partial charge >= 0.3 is 10.2 Å². The van der Waals surface area contributed by atoms with Crippen molar-refractivity contribution in [1.82, 2.24) is 18.8 Å². The van der Waals surface area contributed by atoms with Gasteiger partial charge in [-0.3, -0.25) is 14.5 Å². The van der Waals surface area contributed by atoms with E-state index < -0.39 is 22.3 Å². The average molecular weight is 678 g/mol. The highest BCUT2D eigenvalue weighted by molar-refractivity contribution is 7.87. The number of likely N-dealkylation sites (tertiary alicyclic amines) is 2. The van der Waals surface area contributed by atoms with Gasteiger partial charge in [0.2, 0.25) is 0 Å². The molecule has 0 aromatic heterocycles. The van der Waals surface area contributed by atoms with Crippen molar-refractivity contribution in [3.8, 4) is 0 Å². The van der Waals surface area contributed by atoms with Crippen molar-refractivity contribution in [2.75, 3.05) is 51.7 Å². The molecule has 1 saturated carbocycles. The number of alkyl halides is 1. The summed E-state index contributed by atoms with van der Waals surface area (Å²) < 4.78 is 42.4. The predicted octanol–water partition coefficient (Wildman–Crippen LogP) is 5.27. The molecule has 1 N–H and O–H groups in total. The van der Waals surface area contributed by atoms with Crippen LogP contribution in [0.5, 0.6) is 0 Å². The van der Waals surface area contributed by atoms with Crippen LogP contribution in [-0.4, -0.2) is 93.4 Å². The monoisotopic (exact) mass is 677 g/mol. The number of fused-ring (bicyclic) bond motifs is 5. The lowest BCUT2D eigenvalue weighted by Gasteiger charge is -2.41. The summed E-state index contributed by atoms with van der Waals surface area (Å²) in [4.78, 5) is 34.2. The van der Waals surface area contributed by atoms with Gasteiger partial charge in [0.15, 0.2) is 0 Å². The number of carbonyl (C=O) groups is 2. The molecule has 4 aliphatic heterocycles. The second kappa shape index (κ2) is 13.6. The number of nitrogens with zero attached hydrogens (tertiary/aromatic N) is 4. The average Bonchev–Trinajstić information content (AvgIpc) is 3.30. The molecule has 0 radical (unpaired) electrons. The largest absolute Gasteiger partial charge is 0.359 e. The molecule has 1 aliphatic carbocycles. The zero-order chi connectivity index (χ0) is 33.6. The number of carbonyl (C=O) groups excluding carboxylic acids is 2. The minimum Gasteiger partial charge on any atom is -0.359 e. The van der Waals surface area contributed by atoms with Crippen molar-refractivity contribution in [3.05, 3.63) is 70.3 Å². The minimum absolute atomic E-state index is 0.0110. The van der Waals surface area contributed by atoms with Crippen LogP contribution in [0.25, 0.3) is 6.08 Å². The maximum Gasteiger partial charge on any atom is 0.303 e. The van der Waals surface area contributed by atoms with Crippen LogP contribution >= 0.6 is 0 Å². The van der Waals surface area contributed by atoms with Crippen molar-refractivity contribution in [2.24, 2.45) is 5.92 Å². The first-order chi connectivity index (χ1) is 23.1. The number of halogens is 1. The summed E-state index contributed by atoms with van der Waals surface area (Å²) >= 11 is 0. The molecule has 5 aliphatic rings. The van der Waals surface area contributed by atoms with Crippen molar-refractivity contribution in [1.29, 1.82) is 0 Å². The molecule has 258 valence electrons. The van der Waals surface area contributed by atoms with Crippen LogP contribution in [-0.2, 0) is 15.0 Å². The first-order valence-electron chi connectivity index (χ1n) is 17.7. The third kappa shape index (κ3) is 6.41. The molecule has 0 bridgehead atoms. The summed E-state index contributed by atoms with van der Waals surface area (Å²) in [5.74, 6) is -0.00248. The van der Waals surface area contributed by atoms with Crippen molar-refractivity contribution < 1.29 is 22.4 Å². The van der Waals surface area contributed by atoms with E-state index in [1.165, 1.54) is 38.9 Å². The first-order valence-corrected chi connectivity index (χ1v) is 19.2. The van der Waals surface area contributed by atoms with Gasteiger partial charge in [0.05, 0.1) is 6.04 Å². The fraction of sp³-hybridized carbons (Fsp3) is 0.568. The van der Waals surface area contributed by atoms with E-state index in [0.29, 0.717) is 50.1 Å². The van der Waals surface area contributed by atoms with Gasteiger partial charge in [-0.1, -0.05) is 49.6 Å². The van der Waals surface area contributed by atoms with Gasteiger partial charge in [0, 0.05) is 69.1 Å². The number of rotatable bonds is 6. The number of benzene rings is 2. The zero-order valence-electron chi connectivity index (χ0n) is 28.1. The van der Waals surface area contributed by atoms with Crippen molar-refractivity contribution in [2.45, 2.75) is 82.0 Å². The topological polar surface area (TPSA) is 93.3 Å². The zero-order valence-corrected chi connectivity index (χ0v) is 28.9. The lowest BCUT2D eigenvalue weighted by Crippen LogP contribution is -2.50. The fourth-order valence-electron chi connectivity index (χ4n) is 8.93. The molecule has 0 spiro atoms. The SMILES string of the molecule is CN(C)S(=O)(=O)NC(=O)c1ccc2c(c1)N1CC(C(=O)N3CCC(N4CCCC(F)C4)CC3)=Cc3ccccc3C1C2C1CCCCC1. The summed E-state index contributed by atoms with van der Waals surface area (Å²) in [6, 6.07) is 14.3. The van der Waals surface area contributed by atoms with E-state index in [0.717, 1.165) is 59.8 Å². The van der Waals surface area contributed by atoms with Gasteiger partial charge in [-0.05, 0) is 85.9 Å². The summed E-state index contributed by atoms with van der Waals surface area (Å²) in [5.41, 5.74) is 5.27. The van der Waals surface area contributed by atoms with Crippen LogP contribution in [0.1, 0.15) is 96.8 Å². The van der Waals surface area contributed by atoms with Crippen LogP contribution < -0.4 is 9.62 Å². The highest BCUT2D eigenvalue weighted by Crippen LogP contribution is 2.56. The van der Waals surface area contributed by atoms with Crippen molar-refractivity contribution in [3.63, 3.8) is 0 Å². The number of hydrogen-bond donors (Lipinski definition) is 1. The van der Waals surface area contributed by atoms with Crippen LogP contribution in [0.3, 0.4) is 0 Å². The Bertz CT molecular complexity index is 1680. The van der Waals surface area contributed by atoms with E-state index in [4.69, 9.17) is 0 Å². The van der Waals surface area contributed by atoms with E-state index in [2.05, 4.69) is 38.8 Å². The standard InChI is InChI=1S/C37H48FN5O4S/c1-40(2)48(46,47)39-36(44)27-14-15-32-33(22-27)43-23-28(37(45)41-19-16-30(17-20-41)42-18-8-12-29(38)24-42)21-26-11-6-7-13-31(26)35(43)34(32)25-9-4-3-5-10-25/h6-7,11,13-15,21-22,25,29-30,34-35H,3-5,8-10,12,16-20,23-24H2,1-2H3,(H,39,44). The fourth-order valence-corrected chi connectivity index (χ4v) is 9.46. The van der Waals surface area contributed by atoms with Crippen LogP contribution in [0.15, 0.2) is 48.0 Å². The number of piperidine rings is 2. The van der Waals surface area contributed by atoms with Gasteiger partial charge in [0.1, 0.15) is 6.17 Å². The Hall–Kier alpha value is -3.28. The molecule has 3 unspecified atom stereocenters. The molecule has 2 amide bonds. The summed E-state index contributed by atoms with van der Waals surface area (Å²) in [5, 5.41) is 0. The summed E-state index contributed by atoms with van der Waals surface area (Å²) in [6.07, 6.45) is 10.4. The summed E-state index contributed by atoms with van der Waals surface area (Å²) in [6.45, 7) is 3.11. The lowest BCUT2D eigenvalue weighted by atomic mass is 9.73. The highest BCUT2D eigenvalue weighted by Gasteiger charge is 2.46. The number of anilines is 1. The molecule has 7 rings (SSSR count). The van der Waals surface area contributed by atoms with E-state index in [-0.39, 0.29) is 23.4 Å². The molecular weight excluding hydrogens is 630 g/mol.